The fraction of sp³-hybridized carbons (Fsp3) is 0.188. The lowest BCUT2D eigenvalue weighted by Gasteiger charge is -2.23. The summed E-state index contributed by atoms with van der Waals surface area (Å²) in [6.45, 7) is 1.73. The van der Waals surface area contributed by atoms with Gasteiger partial charge in [-0.1, -0.05) is 6.07 Å². The molecule has 0 bridgehead atoms. The van der Waals surface area contributed by atoms with E-state index in [9.17, 15) is 4.79 Å². The molecule has 3 rings (SSSR count). The van der Waals surface area contributed by atoms with Gasteiger partial charge in [-0.2, -0.15) is 4.99 Å². The van der Waals surface area contributed by atoms with E-state index in [-0.39, 0.29) is 11.4 Å². The molecule has 2 aliphatic rings. The zero-order chi connectivity index (χ0) is 16.6. The summed E-state index contributed by atoms with van der Waals surface area (Å²) >= 11 is 0. The Morgan fingerprint density at radius 1 is 1.26 bits per heavy atom. The SMILES string of the molecule is COc1ccc(/C=C2\C(=N)N3OC(C)=CC3=NC2=O)cc1OC. The van der Waals surface area contributed by atoms with Gasteiger partial charge in [0.15, 0.2) is 23.2 Å². The first kappa shape index (κ1) is 14.8. The fourth-order valence-corrected chi connectivity index (χ4v) is 2.31. The van der Waals surface area contributed by atoms with E-state index in [1.54, 1.807) is 44.4 Å². The first-order valence-corrected chi connectivity index (χ1v) is 6.85. The second-order valence-corrected chi connectivity index (χ2v) is 4.94. The zero-order valence-electron chi connectivity index (χ0n) is 12.9. The molecule has 7 heteroatoms. The molecular weight excluding hydrogens is 298 g/mol. The number of fused-ring (bicyclic) bond motifs is 1. The van der Waals surface area contributed by atoms with Crippen LogP contribution in [0.5, 0.6) is 11.5 Å². The van der Waals surface area contributed by atoms with Gasteiger partial charge in [0.1, 0.15) is 5.76 Å². The zero-order valence-corrected chi connectivity index (χ0v) is 12.9. The van der Waals surface area contributed by atoms with E-state index in [1.807, 2.05) is 0 Å². The lowest BCUT2D eigenvalue weighted by molar-refractivity contribution is -0.114. The molecule has 0 aliphatic carbocycles. The third-order valence-electron chi connectivity index (χ3n) is 3.40. The molecule has 0 saturated carbocycles. The summed E-state index contributed by atoms with van der Waals surface area (Å²) in [5.74, 6) is 1.49. The number of ether oxygens (including phenoxy) is 2. The summed E-state index contributed by atoms with van der Waals surface area (Å²) in [4.78, 5) is 21.5. The van der Waals surface area contributed by atoms with E-state index in [0.717, 1.165) is 0 Å². The van der Waals surface area contributed by atoms with Gasteiger partial charge in [-0.3, -0.25) is 10.2 Å². The maximum atomic E-state index is 12.2. The van der Waals surface area contributed by atoms with E-state index >= 15 is 0 Å². The van der Waals surface area contributed by atoms with Crippen molar-refractivity contribution < 1.29 is 19.1 Å². The minimum atomic E-state index is -0.481. The van der Waals surface area contributed by atoms with E-state index in [0.29, 0.717) is 28.7 Å². The number of hydrogen-bond donors (Lipinski definition) is 1. The smallest absolute Gasteiger partial charge is 0.282 e. The summed E-state index contributed by atoms with van der Waals surface area (Å²) in [6, 6.07) is 5.22. The molecule has 2 heterocycles. The molecule has 0 fully saturated rings. The van der Waals surface area contributed by atoms with Crippen LogP contribution < -0.4 is 9.47 Å². The van der Waals surface area contributed by atoms with Gasteiger partial charge in [0.2, 0.25) is 0 Å². The Hall–Kier alpha value is -3.09. The van der Waals surface area contributed by atoms with Crippen LogP contribution in [0.3, 0.4) is 0 Å². The van der Waals surface area contributed by atoms with Gasteiger partial charge in [0.25, 0.3) is 5.91 Å². The third-order valence-corrected chi connectivity index (χ3v) is 3.40. The Kier molecular flexibility index (Phi) is 3.61. The molecule has 1 aromatic rings. The van der Waals surface area contributed by atoms with Crippen LogP contribution in [0, 0.1) is 5.41 Å². The Morgan fingerprint density at radius 2 is 2.00 bits per heavy atom. The number of benzene rings is 1. The summed E-state index contributed by atoms with van der Waals surface area (Å²) in [5, 5.41) is 9.39. The summed E-state index contributed by atoms with van der Waals surface area (Å²) in [7, 11) is 3.08. The van der Waals surface area contributed by atoms with E-state index in [1.165, 1.54) is 12.2 Å². The predicted octanol–water partition coefficient (Wildman–Crippen LogP) is 2.15. The highest BCUT2D eigenvalue weighted by Gasteiger charge is 2.34. The molecule has 0 saturated heterocycles. The number of carbonyl (C=O) groups is 1. The van der Waals surface area contributed by atoms with Gasteiger partial charge < -0.3 is 14.3 Å². The standard InChI is InChI=1S/C16H15N3O4/c1-9-6-14-18-16(20)11(15(17)19(14)23-9)7-10-4-5-12(21-2)13(8-10)22-3/h4-8,17H,1-3H3/b11-7+,17-15?. The van der Waals surface area contributed by atoms with Crippen LogP contribution in [-0.2, 0) is 9.63 Å². The van der Waals surface area contributed by atoms with E-state index < -0.39 is 5.91 Å². The average molecular weight is 313 g/mol. The lowest BCUT2D eigenvalue weighted by atomic mass is 10.1. The average Bonchev–Trinajstić information content (AvgIpc) is 2.91. The largest absolute Gasteiger partial charge is 0.493 e. The van der Waals surface area contributed by atoms with Crippen LogP contribution in [0.15, 0.2) is 40.6 Å². The van der Waals surface area contributed by atoms with Crippen molar-refractivity contribution in [3.05, 3.63) is 41.2 Å². The van der Waals surface area contributed by atoms with Gasteiger partial charge in [-0.15, -0.1) is 5.06 Å². The molecule has 0 radical (unpaired) electrons. The summed E-state index contributed by atoms with van der Waals surface area (Å²) < 4.78 is 10.4. The van der Waals surface area contributed by atoms with Gasteiger partial charge >= 0.3 is 0 Å². The highest BCUT2D eigenvalue weighted by atomic mass is 16.7. The van der Waals surface area contributed by atoms with Crippen molar-refractivity contribution in [1.82, 2.24) is 5.06 Å². The number of hydrogen-bond acceptors (Lipinski definition) is 5. The molecule has 0 spiro atoms. The van der Waals surface area contributed by atoms with Crippen molar-refractivity contribution in [3.63, 3.8) is 0 Å². The normalized spacial score (nSPS) is 18.4. The fourth-order valence-electron chi connectivity index (χ4n) is 2.31. The molecule has 23 heavy (non-hydrogen) atoms. The molecule has 0 atom stereocenters. The Morgan fingerprint density at radius 3 is 2.70 bits per heavy atom. The van der Waals surface area contributed by atoms with Crippen molar-refractivity contribution in [2.24, 2.45) is 4.99 Å². The summed E-state index contributed by atoms with van der Waals surface area (Å²) in [5.41, 5.74) is 0.836. The number of hydroxylamine groups is 2. The van der Waals surface area contributed by atoms with Crippen LogP contribution >= 0.6 is 0 Å². The van der Waals surface area contributed by atoms with Crippen molar-refractivity contribution in [1.29, 1.82) is 5.41 Å². The number of amides is 1. The van der Waals surface area contributed by atoms with Crippen molar-refractivity contribution >= 4 is 23.7 Å². The third kappa shape index (κ3) is 2.57. The number of carbonyl (C=O) groups excluding carboxylic acids is 1. The van der Waals surface area contributed by atoms with Gasteiger partial charge in [-0.05, 0) is 30.7 Å². The number of nitrogens with zero attached hydrogens (tertiary/aromatic N) is 2. The van der Waals surface area contributed by atoms with Gasteiger partial charge in [-0.25, -0.2) is 0 Å². The monoisotopic (exact) mass is 313 g/mol. The Labute approximate surface area is 132 Å². The van der Waals surface area contributed by atoms with Gasteiger partial charge in [0, 0.05) is 6.08 Å². The topological polar surface area (TPSA) is 84.2 Å². The maximum Gasteiger partial charge on any atom is 0.282 e. The van der Waals surface area contributed by atoms with Crippen LogP contribution in [0.1, 0.15) is 12.5 Å². The number of rotatable bonds is 3. The molecule has 1 aromatic carbocycles. The molecular formula is C16H15N3O4. The van der Waals surface area contributed by atoms with Crippen LogP contribution in [0.2, 0.25) is 0 Å². The van der Waals surface area contributed by atoms with Crippen LogP contribution in [0.25, 0.3) is 6.08 Å². The molecule has 0 aromatic heterocycles. The molecule has 0 unspecified atom stereocenters. The molecule has 118 valence electrons. The molecule has 2 aliphatic heterocycles. The number of allylic oxidation sites excluding steroid dienone is 1. The van der Waals surface area contributed by atoms with Gasteiger partial charge in [0.05, 0.1) is 19.8 Å². The highest BCUT2D eigenvalue weighted by molar-refractivity contribution is 6.32. The van der Waals surface area contributed by atoms with E-state index in [4.69, 9.17) is 19.7 Å². The Bertz CT molecular complexity index is 793. The van der Waals surface area contributed by atoms with Crippen molar-refractivity contribution in [2.45, 2.75) is 6.92 Å². The Balaban J connectivity index is 1.98. The minimum absolute atomic E-state index is 0.0529. The van der Waals surface area contributed by atoms with Crippen LogP contribution in [0.4, 0.5) is 0 Å². The first-order valence-electron chi connectivity index (χ1n) is 6.85. The molecule has 1 amide bonds. The maximum absolute atomic E-state index is 12.2. The molecule has 1 N–H and O–H groups in total. The predicted molar refractivity (Wildman–Crippen MR) is 84.4 cm³/mol. The number of amidine groups is 2. The number of methoxy groups -OCH3 is 2. The number of aliphatic imine (C=N–C) groups is 1. The first-order chi connectivity index (χ1) is 11.0. The minimum Gasteiger partial charge on any atom is -0.493 e. The second-order valence-electron chi connectivity index (χ2n) is 4.94. The van der Waals surface area contributed by atoms with Crippen molar-refractivity contribution in [3.8, 4) is 11.5 Å². The number of nitrogens with one attached hydrogen (secondary N) is 1. The van der Waals surface area contributed by atoms with Crippen molar-refractivity contribution in [2.75, 3.05) is 14.2 Å². The second kappa shape index (κ2) is 5.60. The lowest BCUT2D eigenvalue weighted by Crippen LogP contribution is -2.38. The quantitative estimate of drug-likeness (QED) is 0.864. The van der Waals surface area contributed by atoms with Crippen LogP contribution in [-0.4, -0.2) is 36.9 Å². The summed E-state index contributed by atoms with van der Waals surface area (Å²) in [6.07, 6.45) is 3.18. The molecule has 7 nitrogen and oxygen atoms in total. The van der Waals surface area contributed by atoms with E-state index in [2.05, 4.69) is 4.99 Å². The highest BCUT2D eigenvalue weighted by Crippen LogP contribution is 2.29.